The zero-order valence-electron chi connectivity index (χ0n) is 10.1. The molecule has 0 amide bonds. The highest BCUT2D eigenvalue weighted by Gasteiger charge is 2.36. The molecule has 0 saturated carbocycles. The van der Waals surface area contributed by atoms with Crippen LogP contribution in [0.2, 0.25) is 0 Å². The Morgan fingerprint density at radius 1 is 1.41 bits per heavy atom. The summed E-state index contributed by atoms with van der Waals surface area (Å²) in [5, 5.41) is 3.37. The second-order valence-corrected chi connectivity index (χ2v) is 5.12. The summed E-state index contributed by atoms with van der Waals surface area (Å²) in [5.41, 5.74) is 0.666. The molecular weight excluding hydrogens is 285 g/mol. The van der Waals surface area contributed by atoms with E-state index in [0.29, 0.717) is 11.3 Å². The van der Waals surface area contributed by atoms with Gasteiger partial charge in [0, 0.05) is 0 Å². The third-order valence-electron chi connectivity index (χ3n) is 3.06. The highest BCUT2D eigenvalue weighted by Crippen LogP contribution is 2.44. The topological polar surface area (TPSA) is 21.3 Å². The van der Waals surface area contributed by atoms with Gasteiger partial charge in [0.25, 0.3) is 0 Å². The quantitative estimate of drug-likeness (QED) is 0.913. The third kappa shape index (κ3) is 2.33. The molecule has 2 nitrogen and oxygen atoms in total. The van der Waals surface area contributed by atoms with Gasteiger partial charge in [-0.15, -0.1) is 0 Å². The van der Waals surface area contributed by atoms with Crippen LogP contribution in [-0.2, 0) is 0 Å². The van der Waals surface area contributed by atoms with Crippen LogP contribution < -0.4 is 10.1 Å². The maximum atomic E-state index is 13.9. The molecule has 0 spiro atoms. The number of benzene rings is 1. The third-order valence-corrected chi connectivity index (χ3v) is 3.69. The predicted octanol–water partition coefficient (Wildman–Crippen LogP) is 3.80. The van der Waals surface area contributed by atoms with E-state index in [1.54, 1.807) is 6.07 Å². The molecule has 1 aromatic rings. The molecule has 1 aromatic carbocycles. The highest BCUT2D eigenvalue weighted by atomic mass is 79.9. The summed E-state index contributed by atoms with van der Waals surface area (Å²) in [6.07, 6.45) is 1.91. The minimum Gasteiger partial charge on any atom is -0.487 e. The fraction of sp³-hybridized carbons (Fsp3) is 0.538. The van der Waals surface area contributed by atoms with Gasteiger partial charge in [-0.1, -0.05) is 13.8 Å². The van der Waals surface area contributed by atoms with Crippen LogP contribution in [-0.4, -0.2) is 12.6 Å². The van der Waals surface area contributed by atoms with Crippen LogP contribution in [0.3, 0.4) is 0 Å². The number of ether oxygens (including phenoxy) is 1. The van der Waals surface area contributed by atoms with E-state index in [0.717, 1.165) is 23.9 Å². The summed E-state index contributed by atoms with van der Waals surface area (Å²) in [6, 6.07) is 3.15. The Kier molecular flexibility index (Phi) is 4.05. The Bertz CT molecular complexity index is 411. The van der Waals surface area contributed by atoms with Gasteiger partial charge in [-0.2, -0.15) is 0 Å². The Labute approximate surface area is 110 Å². The largest absolute Gasteiger partial charge is 0.487 e. The molecule has 1 N–H and O–H groups in total. The molecule has 2 rings (SSSR count). The standard InChI is InChI=1S/C13H17BrFNO/c1-3-7-16-12-10(4-2)17-13-8(14)5-6-9(15)11(12)13/h5-6,10,12,16H,3-4,7H2,1-2H3. The summed E-state index contributed by atoms with van der Waals surface area (Å²) < 4.78 is 20.6. The van der Waals surface area contributed by atoms with Crippen LogP contribution in [0.4, 0.5) is 4.39 Å². The number of hydrogen-bond acceptors (Lipinski definition) is 2. The summed E-state index contributed by atoms with van der Waals surface area (Å²) in [7, 11) is 0. The van der Waals surface area contributed by atoms with Gasteiger partial charge < -0.3 is 10.1 Å². The number of nitrogens with one attached hydrogen (secondary N) is 1. The van der Waals surface area contributed by atoms with Gasteiger partial charge >= 0.3 is 0 Å². The molecule has 2 atom stereocenters. The number of hydrogen-bond donors (Lipinski definition) is 1. The molecule has 4 heteroatoms. The lowest BCUT2D eigenvalue weighted by Crippen LogP contribution is -2.31. The van der Waals surface area contributed by atoms with Crippen LogP contribution in [0.5, 0.6) is 5.75 Å². The van der Waals surface area contributed by atoms with Gasteiger partial charge in [0.1, 0.15) is 17.7 Å². The van der Waals surface area contributed by atoms with E-state index in [1.807, 2.05) is 0 Å². The first kappa shape index (κ1) is 12.8. The molecular formula is C13H17BrFNO. The van der Waals surface area contributed by atoms with Gasteiger partial charge in [0.15, 0.2) is 0 Å². The maximum absolute atomic E-state index is 13.9. The van der Waals surface area contributed by atoms with Crippen molar-refractivity contribution in [2.75, 3.05) is 6.54 Å². The minimum absolute atomic E-state index is 0.0183. The molecule has 0 aromatic heterocycles. The van der Waals surface area contributed by atoms with E-state index in [2.05, 4.69) is 35.1 Å². The summed E-state index contributed by atoms with van der Waals surface area (Å²) in [5.74, 6) is 0.471. The van der Waals surface area contributed by atoms with Crippen LogP contribution in [0, 0.1) is 5.82 Å². The first-order chi connectivity index (χ1) is 8.19. The Hall–Kier alpha value is -0.610. The van der Waals surface area contributed by atoms with Crippen LogP contribution >= 0.6 is 15.9 Å². The van der Waals surface area contributed by atoms with E-state index in [-0.39, 0.29) is 18.0 Å². The lowest BCUT2D eigenvalue weighted by molar-refractivity contribution is 0.184. The fourth-order valence-electron chi connectivity index (χ4n) is 2.22. The predicted molar refractivity (Wildman–Crippen MR) is 69.8 cm³/mol. The SMILES string of the molecule is CCCNC1c2c(F)ccc(Br)c2OC1CC. The highest BCUT2D eigenvalue weighted by molar-refractivity contribution is 9.10. The van der Waals surface area contributed by atoms with Crippen LogP contribution in [0.1, 0.15) is 38.3 Å². The molecule has 1 aliphatic rings. The fourth-order valence-corrected chi connectivity index (χ4v) is 2.66. The number of rotatable bonds is 4. The first-order valence-corrected chi connectivity index (χ1v) is 6.86. The second kappa shape index (κ2) is 5.36. The Morgan fingerprint density at radius 3 is 2.82 bits per heavy atom. The summed E-state index contributed by atoms with van der Waals surface area (Å²) in [4.78, 5) is 0. The van der Waals surface area contributed by atoms with Gasteiger partial charge in [0.2, 0.25) is 0 Å². The minimum atomic E-state index is -0.187. The Morgan fingerprint density at radius 2 is 2.18 bits per heavy atom. The molecule has 0 saturated heterocycles. The van der Waals surface area contributed by atoms with Crippen molar-refractivity contribution >= 4 is 15.9 Å². The van der Waals surface area contributed by atoms with Crippen molar-refractivity contribution in [3.63, 3.8) is 0 Å². The summed E-state index contributed by atoms with van der Waals surface area (Å²) >= 11 is 3.41. The van der Waals surface area contributed by atoms with E-state index in [9.17, 15) is 4.39 Å². The van der Waals surface area contributed by atoms with Crippen LogP contribution in [0.15, 0.2) is 16.6 Å². The normalized spacial score (nSPS) is 22.4. The average molecular weight is 302 g/mol. The van der Waals surface area contributed by atoms with Gasteiger partial charge in [-0.3, -0.25) is 0 Å². The molecule has 0 fully saturated rings. The molecule has 0 aliphatic carbocycles. The van der Waals surface area contributed by atoms with Crippen molar-refractivity contribution in [2.45, 2.75) is 38.8 Å². The van der Waals surface area contributed by atoms with Gasteiger partial charge in [-0.25, -0.2) is 4.39 Å². The zero-order chi connectivity index (χ0) is 12.4. The van der Waals surface area contributed by atoms with Crippen molar-refractivity contribution in [1.29, 1.82) is 0 Å². The van der Waals surface area contributed by atoms with Crippen molar-refractivity contribution in [3.8, 4) is 5.75 Å². The average Bonchev–Trinajstić information content (AvgIpc) is 2.71. The zero-order valence-corrected chi connectivity index (χ0v) is 11.7. The summed E-state index contributed by atoms with van der Waals surface area (Å²) in [6.45, 7) is 5.03. The molecule has 94 valence electrons. The molecule has 0 bridgehead atoms. The van der Waals surface area contributed by atoms with E-state index >= 15 is 0 Å². The van der Waals surface area contributed by atoms with Crippen molar-refractivity contribution in [3.05, 3.63) is 28.0 Å². The van der Waals surface area contributed by atoms with Crippen LogP contribution in [0.25, 0.3) is 0 Å². The monoisotopic (exact) mass is 301 g/mol. The number of fused-ring (bicyclic) bond motifs is 1. The van der Waals surface area contributed by atoms with Gasteiger partial charge in [-0.05, 0) is 47.4 Å². The molecule has 17 heavy (non-hydrogen) atoms. The lowest BCUT2D eigenvalue weighted by atomic mass is 10.0. The first-order valence-electron chi connectivity index (χ1n) is 6.07. The van der Waals surface area contributed by atoms with E-state index < -0.39 is 0 Å². The molecule has 0 radical (unpaired) electrons. The van der Waals surface area contributed by atoms with E-state index in [4.69, 9.17) is 4.74 Å². The maximum Gasteiger partial charge on any atom is 0.141 e. The Balaban J connectivity index is 2.36. The van der Waals surface area contributed by atoms with Crippen molar-refractivity contribution < 1.29 is 9.13 Å². The smallest absolute Gasteiger partial charge is 0.141 e. The number of halogens is 2. The van der Waals surface area contributed by atoms with Gasteiger partial charge in [0.05, 0.1) is 16.1 Å². The molecule has 2 unspecified atom stereocenters. The van der Waals surface area contributed by atoms with E-state index in [1.165, 1.54) is 6.07 Å². The van der Waals surface area contributed by atoms with Crippen molar-refractivity contribution in [2.24, 2.45) is 0 Å². The lowest BCUT2D eigenvalue weighted by Gasteiger charge is -2.18. The molecule has 1 aliphatic heterocycles. The van der Waals surface area contributed by atoms with Crippen molar-refractivity contribution in [1.82, 2.24) is 5.32 Å². The molecule has 1 heterocycles. The second-order valence-electron chi connectivity index (χ2n) is 4.27.